The minimum absolute atomic E-state index is 0.105. The van der Waals surface area contributed by atoms with Gasteiger partial charge in [-0.2, -0.15) is 0 Å². The van der Waals surface area contributed by atoms with Gasteiger partial charge in [0.1, 0.15) is 0 Å². The molecule has 1 aromatic rings. The molecule has 0 saturated heterocycles. The SMILES string of the molecule is CC(C)Oc1cccc(SCC(O)CO)c1[N+](=O)[O-]. The van der Waals surface area contributed by atoms with Crippen LogP contribution in [-0.2, 0) is 0 Å². The van der Waals surface area contributed by atoms with E-state index in [1.807, 2.05) is 0 Å². The van der Waals surface area contributed by atoms with Gasteiger partial charge in [0.2, 0.25) is 0 Å². The average Bonchev–Trinajstić information content (AvgIpc) is 2.34. The number of aliphatic hydroxyl groups is 2. The molecule has 0 radical (unpaired) electrons. The van der Waals surface area contributed by atoms with E-state index in [1.54, 1.807) is 32.0 Å². The fraction of sp³-hybridized carbons (Fsp3) is 0.500. The van der Waals surface area contributed by atoms with Crippen molar-refractivity contribution in [3.05, 3.63) is 28.3 Å². The molecule has 0 bridgehead atoms. The normalized spacial score (nSPS) is 12.5. The van der Waals surface area contributed by atoms with Gasteiger partial charge >= 0.3 is 5.69 Å². The second-order valence-electron chi connectivity index (χ2n) is 4.17. The summed E-state index contributed by atoms with van der Waals surface area (Å²) in [7, 11) is 0. The van der Waals surface area contributed by atoms with Crippen LogP contribution in [0, 0.1) is 10.1 Å². The van der Waals surface area contributed by atoms with Gasteiger partial charge in [-0.25, -0.2) is 0 Å². The highest BCUT2D eigenvalue weighted by Crippen LogP contribution is 2.37. The van der Waals surface area contributed by atoms with E-state index in [0.29, 0.717) is 4.90 Å². The van der Waals surface area contributed by atoms with E-state index >= 15 is 0 Å². The number of benzene rings is 1. The first-order valence-electron chi connectivity index (χ1n) is 5.81. The molecule has 1 unspecified atom stereocenters. The fourth-order valence-corrected chi connectivity index (χ4v) is 2.35. The first-order chi connectivity index (χ1) is 8.95. The lowest BCUT2D eigenvalue weighted by Gasteiger charge is -2.12. The largest absolute Gasteiger partial charge is 0.484 e. The van der Waals surface area contributed by atoms with Crippen LogP contribution in [0.15, 0.2) is 23.1 Å². The number of para-hydroxylation sites is 1. The molecule has 1 atom stereocenters. The summed E-state index contributed by atoms with van der Waals surface area (Å²) in [5.74, 6) is 0.395. The van der Waals surface area contributed by atoms with Crippen LogP contribution in [0.5, 0.6) is 5.75 Å². The summed E-state index contributed by atoms with van der Waals surface area (Å²) in [5.41, 5.74) is -0.105. The zero-order valence-corrected chi connectivity index (χ0v) is 11.6. The Labute approximate surface area is 115 Å². The predicted molar refractivity (Wildman–Crippen MR) is 72.7 cm³/mol. The molecule has 0 aliphatic heterocycles. The van der Waals surface area contributed by atoms with Crippen LogP contribution < -0.4 is 4.74 Å². The second-order valence-corrected chi connectivity index (χ2v) is 5.24. The van der Waals surface area contributed by atoms with Crippen LogP contribution in [0.25, 0.3) is 0 Å². The topological polar surface area (TPSA) is 92.8 Å². The third-order valence-electron chi connectivity index (χ3n) is 2.15. The molecule has 0 saturated carbocycles. The van der Waals surface area contributed by atoms with Crippen molar-refractivity contribution in [2.24, 2.45) is 0 Å². The maximum atomic E-state index is 11.1. The van der Waals surface area contributed by atoms with Crippen molar-refractivity contribution in [1.29, 1.82) is 0 Å². The van der Waals surface area contributed by atoms with Gasteiger partial charge in [-0.05, 0) is 26.0 Å². The van der Waals surface area contributed by atoms with Gasteiger partial charge in [-0.3, -0.25) is 10.1 Å². The van der Waals surface area contributed by atoms with E-state index < -0.39 is 11.0 Å². The van der Waals surface area contributed by atoms with E-state index in [-0.39, 0.29) is 29.9 Å². The van der Waals surface area contributed by atoms with Crippen LogP contribution in [0.1, 0.15) is 13.8 Å². The molecule has 0 aliphatic carbocycles. The number of ether oxygens (including phenoxy) is 1. The van der Waals surface area contributed by atoms with Crippen LogP contribution in [0.3, 0.4) is 0 Å². The maximum Gasteiger partial charge on any atom is 0.324 e. The lowest BCUT2D eigenvalue weighted by Crippen LogP contribution is -2.14. The molecule has 0 heterocycles. The van der Waals surface area contributed by atoms with E-state index in [9.17, 15) is 15.2 Å². The summed E-state index contributed by atoms with van der Waals surface area (Å²) in [4.78, 5) is 11.1. The zero-order chi connectivity index (χ0) is 14.4. The Morgan fingerprint density at radius 3 is 2.68 bits per heavy atom. The summed E-state index contributed by atoms with van der Waals surface area (Å²) in [5, 5.41) is 29.2. The van der Waals surface area contributed by atoms with E-state index in [1.165, 1.54) is 0 Å². The van der Waals surface area contributed by atoms with Crippen molar-refractivity contribution in [3.63, 3.8) is 0 Å². The zero-order valence-electron chi connectivity index (χ0n) is 10.8. The summed E-state index contributed by atoms with van der Waals surface area (Å²) in [6.45, 7) is 3.21. The molecule has 106 valence electrons. The first kappa shape index (κ1) is 15.7. The molecule has 0 spiro atoms. The minimum atomic E-state index is -0.903. The number of hydrogen-bond acceptors (Lipinski definition) is 6. The van der Waals surface area contributed by atoms with Gasteiger partial charge in [0, 0.05) is 5.75 Å². The van der Waals surface area contributed by atoms with Gasteiger partial charge < -0.3 is 14.9 Å². The van der Waals surface area contributed by atoms with Crippen molar-refractivity contribution in [1.82, 2.24) is 0 Å². The number of nitrogens with zero attached hydrogens (tertiary/aromatic N) is 1. The number of aliphatic hydroxyl groups excluding tert-OH is 2. The van der Waals surface area contributed by atoms with E-state index in [4.69, 9.17) is 9.84 Å². The van der Waals surface area contributed by atoms with Crippen LogP contribution in [0.4, 0.5) is 5.69 Å². The lowest BCUT2D eigenvalue weighted by molar-refractivity contribution is -0.388. The molecule has 1 aromatic carbocycles. The number of nitro benzene ring substituents is 1. The fourth-order valence-electron chi connectivity index (χ4n) is 1.39. The number of nitro groups is 1. The molecule has 0 aliphatic rings. The van der Waals surface area contributed by atoms with Crippen LogP contribution in [-0.4, -0.2) is 39.7 Å². The molecule has 2 N–H and O–H groups in total. The Kier molecular flexibility index (Phi) is 6.07. The highest BCUT2D eigenvalue weighted by atomic mass is 32.2. The quantitative estimate of drug-likeness (QED) is 0.451. The molecule has 1 rings (SSSR count). The Hall–Kier alpha value is -1.31. The van der Waals surface area contributed by atoms with Gasteiger partial charge in [0.05, 0.1) is 28.6 Å². The van der Waals surface area contributed by atoms with Gasteiger partial charge in [-0.1, -0.05) is 6.07 Å². The molecule has 0 fully saturated rings. The Balaban J connectivity index is 2.99. The van der Waals surface area contributed by atoms with E-state index in [0.717, 1.165) is 11.8 Å². The molecule has 19 heavy (non-hydrogen) atoms. The van der Waals surface area contributed by atoms with Crippen molar-refractivity contribution in [3.8, 4) is 5.75 Å². The molecule has 7 heteroatoms. The van der Waals surface area contributed by atoms with Gasteiger partial charge in [-0.15, -0.1) is 11.8 Å². The first-order valence-corrected chi connectivity index (χ1v) is 6.80. The maximum absolute atomic E-state index is 11.1. The minimum Gasteiger partial charge on any atom is -0.484 e. The summed E-state index contributed by atoms with van der Waals surface area (Å²) in [6, 6.07) is 4.81. The van der Waals surface area contributed by atoms with Crippen LogP contribution >= 0.6 is 11.8 Å². The third kappa shape index (κ3) is 4.70. The molecular weight excluding hydrogens is 270 g/mol. The Bertz CT molecular complexity index is 438. The Morgan fingerprint density at radius 2 is 2.16 bits per heavy atom. The predicted octanol–water partition coefficient (Wildman–Crippen LogP) is 1.83. The number of rotatable bonds is 7. The highest BCUT2D eigenvalue weighted by molar-refractivity contribution is 7.99. The summed E-state index contributed by atoms with van der Waals surface area (Å²) >= 11 is 1.12. The summed E-state index contributed by atoms with van der Waals surface area (Å²) in [6.07, 6.45) is -1.07. The van der Waals surface area contributed by atoms with Crippen molar-refractivity contribution in [2.45, 2.75) is 31.0 Å². The number of hydrogen-bond donors (Lipinski definition) is 2. The summed E-state index contributed by atoms with van der Waals surface area (Å²) < 4.78 is 5.41. The van der Waals surface area contributed by atoms with E-state index in [2.05, 4.69) is 0 Å². The standard InChI is InChI=1S/C12H17NO5S/c1-8(2)18-10-4-3-5-11(12(10)13(16)17)19-7-9(15)6-14/h3-5,8-9,14-15H,6-7H2,1-2H3. The van der Waals surface area contributed by atoms with Gasteiger partial charge in [0.25, 0.3) is 0 Å². The highest BCUT2D eigenvalue weighted by Gasteiger charge is 2.22. The Morgan fingerprint density at radius 1 is 1.47 bits per heavy atom. The van der Waals surface area contributed by atoms with Crippen molar-refractivity contribution < 1.29 is 19.9 Å². The number of thioether (sulfide) groups is 1. The smallest absolute Gasteiger partial charge is 0.324 e. The van der Waals surface area contributed by atoms with Crippen molar-refractivity contribution >= 4 is 17.4 Å². The third-order valence-corrected chi connectivity index (χ3v) is 3.34. The second kappa shape index (κ2) is 7.32. The van der Waals surface area contributed by atoms with Crippen molar-refractivity contribution in [2.75, 3.05) is 12.4 Å². The lowest BCUT2D eigenvalue weighted by atomic mass is 10.3. The van der Waals surface area contributed by atoms with Crippen LogP contribution in [0.2, 0.25) is 0 Å². The molecule has 0 aromatic heterocycles. The molecule has 6 nitrogen and oxygen atoms in total. The average molecular weight is 287 g/mol. The molecule has 0 amide bonds. The van der Waals surface area contributed by atoms with Gasteiger partial charge in [0.15, 0.2) is 5.75 Å². The monoisotopic (exact) mass is 287 g/mol. The molecular formula is C12H17NO5S.